The highest BCUT2D eigenvalue weighted by molar-refractivity contribution is 4.85. The van der Waals surface area contributed by atoms with Crippen LogP contribution in [0.15, 0.2) is 0 Å². The van der Waals surface area contributed by atoms with E-state index in [2.05, 4.69) is 0 Å². The molecule has 0 aromatic heterocycles. The molecular formula is C11H20O4. The van der Waals surface area contributed by atoms with Crippen molar-refractivity contribution in [3.63, 3.8) is 0 Å². The molecule has 0 radical (unpaired) electrons. The summed E-state index contributed by atoms with van der Waals surface area (Å²) >= 11 is 0. The Labute approximate surface area is 90.5 Å². The van der Waals surface area contributed by atoms with Gasteiger partial charge >= 0.3 is 0 Å². The molecule has 0 aromatic rings. The van der Waals surface area contributed by atoms with Gasteiger partial charge in [0, 0.05) is 18.9 Å². The van der Waals surface area contributed by atoms with E-state index < -0.39 is 0 Å². The first kappa shape index (κ1) is 11.3. The summed E-state index contributed by atoms with van der Waals surface area (Å²) < 4.78 is 17.0. The van der Waals surface area contributed by atoms with Crippen LogP contribution in [0, 0.1) is 5.92 Å². The highest BCUT2D eigenvalue weighted by atomic mass is 16.7. The molecule has 88 valence electrons. The molecular weight excluding hydrogens is 196 g/mol. The molecule has 0 unspecified atom stereocenters. The van der Waals surface area contributed by atoms with Gasteiger partial charge in [-0.05, 0) is 12.8 Å². The molecule has 4 nitrogen and oxygen atoms in total. The number of aliphatic hydroxyl groups excluding tert-OH is 1. The molecule has 0 bridgehead atoms. The first-order valence-corrected chi connectivity index (χ1v) is 5.84. The zero-order valence-corrected chi connectivity index (χ0v) is 9.11. The van der Waals surface area contributed by atoms with Crippen molar-refractivity contribution in [3.8, 4) is 0 Å². The summed E-state index contributed by atoms with van der Waals surface area (Å²) in [5.74, 6) is -0.0337. The Morgan fingerprint density at radius 2 is 1.93 bits per heavy atom. The summed E-state index contributed by atoms with van der Waals surface area (Å²) in [6.07, 6.45) is 3.73. The molecule has 0 aromatic carbocycles. The van der Waals surface area contributed by atoms with Crippen molar-refractivity contribution in [1.82, 2.24) is 0 Å². The maximum absolute atomic E-state index is 8.76. The van der Waals surface area contributed by atoms with Gasteiger partial charge in [0.05, 0.1) is 26.4 Å². The molecule has 1 spiro atoms. The number of rotatable bonds is 4. The minimum absolute atomic E-state index is 0.266. The van der Waals surface area contributed by atoms with Crippen molar-refractivity contribution in [2.75, 3.05) is 33.0 Å². The van der Waals surface area contributed by atoms with E-state index in [1.54, 1.807) is 0 Å². The third-order valence-electron chi connectivity index (χ3n) is 3.27. The first-order chi connectivity index (χ1) is 7.37. The average molecular weight is 216 g/mol. The molecule has 2 aliphatic heterocycles. The minimum atomic E-state index is -0.367. The van der Waals surface area contributed by atoms with E-state index in [0.717, 1.165) is 38.9 Å². The van der Waals surface area contributed by atoms with Crippen molar-refractivity contribution >= 4 is 0 Å². The van der Waals surface area contributed by atoms with E-state index in [4.69, 9.17) is 19.3 Å². The number of hydrogen-bond donors (Lipinski definition) is 1. The largest absolute Gasteiger partial charge is 0.396 e. The van der Waals surface area contributed by atoms with Gasteiger partial charge in [-0.2, -0.15) is 0 Å². The second-order valence-corrected chi connectivity index (χ2v) is 4.25. The minimum Gasteiger partial charge on any atom is -0.396 e. The van der Waals surface area contributed by atoms with Crippen LogP contribution >= 0.6 is 0 Å². The molecule has 15 heavy (non-hydrogen) atoms. The quantitative estimate of drug-likeness (QED) is 0.710. The standard InChI is InChI=1S/C11H20O4/c12-5-2-1-3-10-9-13-6-4-11(10)14-7-8-15-11/h10,12H,1-9H2/t10-/m1/s1. The predicted octanol–water partition coefficient (Wildman–Crippen LogP) is 0.929. The summed E-state index contributed by atoms with van der Waals surface area (Å²) in [5.41, 5.74) is 0. The molecule has 0 aliphatic carbocycles. The molecule has 2 aliphatic rings. The third-order valence-corrected chi connectivity index (χ3v) is 3.27. The van der Waals surface area contributed by atoms with Gasteiger partial charge in [-0.25, -0.2) is 0 Å². The SMILES string of the molecule is OCCCC[C@@H]1COCCC12OCCO2. The number of aliphatic hydroxyl groups is 1. The summed E-state index contributed by atoms with van der Waals surface area (Å²) in [6, 6.07) is 0. The zero-order chi connectivity index (χ0) is 10.6. The van der Waals surface area contributed by atoms with Gasteiger partial charge in [-0.1, -0.05) is 6.42 Å². The van der Waals surface area contributed by atoms with Gasteiger partial charge in [0.25, 0.3) is 0 Å². The Balaban J connectivity index is 1.88. The smallest absolute Gasteiger partial charge is 0.175 e. The molecule has 0 saturated carbocycles. The van der Waals surface area contributed by atoms with E-state index in [1.165, 1.54) is 0 Å². The molecule has 2 saturated heterocycles. The lowest BCUT2D eigenvalue weighted by molar-refractivity contribution is -0.241. The lowest BCUT2D eigenvalue weighted by atomic mass is 9.89. The van der Waals surface area contributed by atoms with Crippen molar-refractivity contribution < 1.29 is 19.3 Å². The van der Waals surface area contributed by atoms with Crippen LogP contribution < -0.4 is 0 Å². The first-order valence-electron chi connectivity index (χ1n) is 5.84. The Bertz CT molecular complexity index is 189. The van der Waals surface area contributed by atoms with Gasteiger partial charge in [0.2, 0.25) is 0 Å². The molecule has 0 amide bonds. The summed E-state index contributed by atoms with van der Waals surface area (Å²) in [4.78, 5) is 0. The molecule has 2 rings (SSSR count). The lowest BCUT2D eigenvalue weighted by Gasteiger charge is -2.39. The van der Waals surface area contributed by atoms with Gasteiger partial charge in [-0.3, -0.25) is 0 Å². The van der Waals surface area contributed by atoms with E-state index in [0.29, 0.717) is 19.1 Å². The van der Waals surface area contributed by atoms with E-state index in [-0.39, 0.29) is 12.4 Å². The molecule has 1 atom stereocenters. The van der Waals surface area contributed by atoms with Crippen molar-refractivity contribution in [1.29, 1.82) is 0 Å². The Morgan fingerprint density at radius 1 is 1.13 bits per heavy atom. The molecule has 4 heteroatoms. The second kappa shape index (κ2) is 5.25. The Hall–Kier alpha value is -0.160. The summed E-state index contributed by atoms with van der Waals surface area (Å²) in [6.45, 7) is 3.14. The highest BCUT2D eigenvalue weighted by Crippen LogP contribution is 2.37. The zero-order valence-electron chi connectivity index (χ0n) is 9.11. The maximum Gasteiger partial charge on any atom is 0.175 e. The normalized spacial score (nSPS) is 29.8. The van der Waals surface area contributed by atoms with E-state index in [9.17, 15) is 0 Å². The van der Waals surface area contributed by atoms with Crippen LogP contribution in [0.3, 0.4) is 0 Å². The Kier molecular flexibility index (Phi) is 3.97. The van der Waals surface area contributed by atoms with E-state index >= 15 is 0 Å². The number of ether oxygens (including phenoxy) is 3. The average Bonchev–Trinajstić information content (AvgIpc) is 2.71. The van der Waals surface area contributed by atoms with Crippen LogP contribution in [0.25, 0.3) is 0 Å². The van der Waals surface area contributed by atoms with Crippen LogP contribution in [0.4, 0.5) is 0 Å². The fourth-order valence-electron chi connectivity index (χ4n) is 2.43. The van der Waals surface area contributed by atoms with E-state index in [1.807, 2.05) is 0 Å². The molecule has 1 N–H and O–H groups in total. The number of unbranched alkanes of at least 4 members (excludes halogenated alkanes) is 1. The van der Waals surface area contributed by atoms with Gasteiger partial charge in [0.1, 0.15) is 0 Å². The van der Waals surface area contributed by atoms with Gasteiger partial charge in [-0.15, -0.1) is 0 Å². The van der Waals surface area contributed by atoms with Gasteiger partial charge < -0.3 is 19.3 Å². The van der Waals surface area contributed by atoms with Crippen molar-refractivity contribution in [2.24, 2.45) is 5.92 Å². The van der Waals surface area contributed by atoms with Crippen LogP contribution in [-0.2, 0) is 14.2 Å². The Morgan fingerprint density at radius 3 is 2.67 bits per heavy atom. The number of hydrogen-bond acceptors (Lipinski definition) is 4. The summed E-state index contributed by atoms with van der Waals surface area (Å²) in [7, 11) is 0. The van der Waals surface area contributed by atoms with Crippen molar-refractivity contribution in [2.45, 2.75) is 31.5 Å². The van der Waals surface area contributed by atoms with Crippen molar-refractivity contribution in [3.05, 3.63) is 0 Å². The lowest BCUT2D eigenvalue weighted by Crippen LogP contribution is -2.46. The maximum atomic E-state index is 8.76. The fourth-order valence-corrected chi connectivity index (χ4v) is 2.43. The highest BCUT2D eigenvalue weighted by Gasteiger charge is 2.45. The second-order valence-electron chi connectivity index (χ2n) is 4.25. The van der Waals surface area contributed by atoms with Gasteiger partial charge in [0.15, 0.2) is 5.79 Å². The fraction of sp³-hybridized carbons (Fsp3) is 1.00. The predicted molar refractivity (Wildman–Crippen MR) is 54.5 cm³/mol. The van der Waals surface area contributed by atoms with Crippen LogP contribution in [0.5, 0.6) is 0 Å². The molecule has 2 heterocycles. The van der Waals surface area contributed by atoms with Crippen LogP contribution in [0.2, 0.25) is 0 Å². The third kappa shape index (κ3) is 2.50. The topological polar surface area (TPSA) is 47.9 Å². The molecule has 2 fully saturated rings. The summed E-state index contributed by atoms with van der Waals surface area (Å²) in [5, 5.41) is 8.76. The van der Waals surface area contributed by atoms with Crippen LogP contribution in [-0.4, -0.2) is 43.9 Å². The monoisotopic (exact) mass is 216 g/mol. The van der Waals surface area contributed by atoms with Crippen LogP contribution in [0.1, 0.15) is 25.7 Å².